The lowest BCUT2D eigenvalue weighted by Gasteiger charge is -2.02. The van der Waals surface area contributed by atoms with Crippen molar-refractivity contribution < 1.29 is 13.2 Å². The van der Waals surface area contributed by atoms with Crippen LogP contribution in [0.4, 0.5) is 13.2 Å². The average Bonchev–Trinajstić information content (AvgIpc) is 2.31. The molecule has 1 heterocycles. The second kappa shape index (κ2) is 2.55. The molecule has 0 radical (unpaired) electrons. The Balaban J connectivity index is 3.15. The molecule has 0 aliphatic rings. The Morgan fingerprint density at radius 3 is 2.45 bits per heavy atom. The Bertz CT molecular complexity index is 294. The number of thiophene rings is 1. The fourth-order valence-corrected chi connectivity index (χ4v) is 1.32. The van der Waals surface area contributed by atoms with E-state index in [2.05, 4.69) is 0 Å². The van der Waals surface area contributed by atoms with Crippen molar-refractivity contribution >= 4 is 11.3 Å². The van der Waals surface area contributed by atoms with Gasteiger partial charge in [0.05, 0.1) is 5.56 Å². The van der Waals surface area contributed by atoms with Crippen LogP contribution in [0.25, 0.3) is 0 Å². The summed E-state index contributed by atoms with van der Waals surface area (Å²) in [6, 6.07) is 2.39. The quantitative estimate of drug-likeness (QED) is 0.597. The summed E-state index contributed by atoms with van der Waals surface area (Å²) < 4.78 is 35.8. The van der Waals surface area contributed by atoms with E-state index < -0.39 is 11.7 Å². The monoisotopic (exact) mass is 177 g/mol. The minimum absolute atomic E-state index is 0.280. The van der Waals surface area contributed by atoms with E-state index in [0.29, 0.717) is 0 Å². The summed E-state index contributed by atoms with van der Waals surface area (Å²) in [4.78, 5) is -0.280. The third kappa shape index (κ3) is 1.52. The Morgan fingerprint density at radius 2 is 2.09 bits per heavy atom. The van der Waals surface area contributed by atoms with Gasteiger partial charge in [0.1, 0.15) is 10.9 Å². The standard InChI is InChI=1S/C6H2F3NS/c7-6(8,9)4-1-2-11-5(4)3-10/h1-2H. The lowest BCUT2D eigenvalue weighted by molar-refractivity contribution is -0.137. The van der Waals surface area contributed by atoms with E-state index in [0.717, 1.165) is 17.4 Å². The summed E-state index contributed by atoms with van der Waals surface area (Å²) in [7, 11) is 0. The second-order valence-electron chi connectivity index (χ2n) is 1.77. The van der Waals surface area contributed by atoms with Crippen LogP contribution < -0.4 is 0 Å². The van der Waals surface area contributed by atoms with Gasteiger partial charge in [-0.3, -0.25) is 0 Å². The third-order valence-electron chi connectivity index (χ3n) is 1.07. The lowest BCUT2D eigenvalue weighted by Crippen LogP contribution is -2.04. The van der Waals surface area contributed by atoms with Crippen LogP contribution in [-0.4, -0.2) is 0 Å². The molecule has 0 saturated heterocycles. The van der Waals surface area contributed by atoms with Crippen LogP contribution in [0.15, 0.2) is 11.4 Å². The summed E-state index contributed by atoms with van der Waals surface area (Å²) in [5, 5.41) is 9.48. The van der Waals surface area contributed by atoms with Crippen LogP contribution in [0, 0.1) is 11.3 Å². The molecule has 5 heteroatoms. The fourth-order valence-electron chi connectivity index (χ4n) is 0.619. The number of hydrogen-bond donors (Lipinski definition) is 0. The highest BCUT2D eigenvalue weighted by Gasteiger charge is 2.34. The molecule has 0 aliphatic carbocycles. The molecule has 1 aromatic rings. The molecule has 0 aliphatic heterocycles. The van der Waals surface area contributed by atoms with Gasteiger partial charge in [-0.25, -0.2) is 0 Å². The fraction of sp³-hybridized carbons (Fsp3) is 0.167. The Labute approximate surface area is 64.7 Å². The van der Waals surface area contributed by atoms with Crippen molar-refractivity contribution in [2.24, 2.45) is 0 Å². The summed E-state index contributed by atoms with van der Waals surface area (Å²) in [5.74, 6) is 0. The van der Waals surface area contributed by atoms with Crippen molar-refractivity contribution in [1.29, 1.82) is 5.26 Å². The molecule has 0 amide bonds. The number of nitriles is 1. The molecule has 1 rings (SSSR count). The zero-order valence-corrected chi connectivity index (χ0v) is 5.96. The first kappa shape index (κ1) is 8.08. The average molecular weight is 177 g/mol. The topological polar surface area (TPSA) is 23.8 Å². The normalized spacial score (nSPS) is 11.1. The van der Waals surface area contributed by atoms with Gasteiger partial charge in [-0.15, -0.1) is 11.3 Å². The van der Waals surface area contributed by atoms with Crippen molar-refractivity contribution in [2.45, 2.75) is 6.18 Å². The van der Waals surface area contributed by atoms with E-state index >= 15 is 0 Å². The lowest BCUT2D eigenvalue weighted by atomic mass is 10.2. The maximum Gasteiger partial charge on any atom is 0.418 e. The predicted octanol–water partition coefficient (Wildman–Crippen LogP) is 2.64. The molecule has 1 nitrogen and oxygen atoms in total. The smallest absolute Gasteiger partial charge is 0.192 e. The molecule has 0 bridgehead atoms. The number of halogens is 3. The van der Waals surface area contributed by atoms with Gasteiger partial charge in [-0.2, -0.15) is 18.4 Å². The summed E-state index contributed by atoms with van der Waals surface area (Å²) in [6.45, 7) is 0. The summed E-state index contributed by atoms with van der Waals surface area (Å²) in [6.07, 6.45) is -4.40. The van der Waals surface area contributed by atoms with Crippen molar-refractivity contribution in [1.82, 2.24) is 0 Å². The highest BCUT2D eigenvalue weighted by Crippen LogP contribution is 2.33. The Hall–Kier alpha value is -1.02. The van der Waals surface area contributed by atoms with Crippen LogP contribution in [0.5, 0.6) is 0 Å². The van der Waals surface area contributed by atoms with Crippen molar-refractivity contribution in [3.05, 3.63) is 21.9 Å². The van der Waals surface area contributed by atoms with E-state index in [4.69, 9.17) is 5.26 Å². The van der Waals surface area contributed by atoms with E-state index in [1.807, 2.05) is 0 Å². The molecular weight excluding hydrogens is 175 g/mol. The third-order valence-corrected chi connectivity index (χ3v) is 1.89. The van der Waals surface area contributed by atoms with Gasteiger partial charge in [-0.05, 0) is 11.4 Å². The second-order valence-corrected chi connectivity index (χ2v) is 2.69. The molecular formula is C6H2F3NS. The van der Waals surface area contributed by atoms with E-state index in [1.54, 1.807) is 0 Å². The molecule has 0 atom stereocenters. The van der Waals surface area contributed by atoms with E-state index in [-0.39, 0.29) is 4.88 Å². The van der Waals surface area contributed by atoms with Crippen LogP contribution in [0.3, 0.4) is 0 Å². The van der Waals surface area contributed by atoms with E-state index in [9.17, 15) is 13.2 Å². The first-order chi connectivity index (χ1) is 5.05. The highest BCUT2D eigenvalue weighted by atomic mass is 32.1. The van der Waals surface area contributed by atoms with Crippen LogP contribution in [-0.2, 0) is 6.18 Å². The van der Waals surface area contributed by atoms with Crippen molar-refractivity contribution in [3.63, 3.8) is 0 Å². The number of alkyl halides is 3. The van der Waals surface area contributed by atoms with Crippen LogP contribution >= 0.6 is 11.3 Å². The van der Waals surface area contributed by atoms with Gasteiger partial charge in [-0.1, -0.05) is 0 Å². The summed E-state index contributed by atoms with van der Waals surface area (Å²) >= 11 is 0.795. The molecule has 0 unspecified atom stereocenters. The predicted molar refractivity (Wildman–Crippen MR) is 34.0 cm³/mol. The zero-order valence-electron chi connectivity index (χ0n) is 5.14. The molecule has 0 fully saturated rings. The van der Waals surface area contributed by atoms with Gasteiger partial charge in [0.2, 0.25) is 0 Å². The number of rotatable bonds is 0. The molecule has 0 N–H and O–H groups in total. The first-order valence-corrected chi connectivity index (χ1v) is 3.48. The summed E-state index contributed by atoms with van der Waals surface area (Å²) in [5.41, 5.74) is -0.843. The van der Waals surface area contributed by atoms with Gasteiger partial charge >= 0.3 is 6.18 Å². The molecule has 0 spiro atoms. The van der Waals surface area contributed by atoms with Crippen LogP contribution in [0.2, 0.25) is 0 Å². The minimum atomic E-state index is -4.40. The first-order valence-electron chi connectivity index (χ1n) is 2.60. The molecule has 1 aromatic heterocycles. The molecule has 0 saturated carbocycles. The van der Waals surface area contributed by atoms with Crippen molar-refractivity contribution in [2.75, 3.05) is 0 Å². The minimum Gasteiger partial charge on any atom is -0.192 e. The zero-order chi connectivity index (χ0) is 8.48. The van der Waals surface area contributed by atoms with Gasteiger partial charge in [0, 0.05) is 0 Å². The highest BCUT2D eigenvalue weighted by molar-refractivity contribution is 7.10. The van der Waals surface area contributed by atoms with Gasteiger partial charge in [0.25, 0.3) is 0 Å². The van der Waals surface area contributed by atoms with Crippen molar-refractivity contribution in [3.8, 4) is 6.07 Å². The van der Waals surface area contributed by atoms with Gasteiger partial charge in [0.15, 0.2) is 0 Å². The van der Waals surface area contributed by atoms with Gasteiger partial charge < -0.3 is 0 Å². The molecule has 58 valence electrons. The number of nitrogens with zero attached hydrogens (tertiary/aromatic N) is 1. The SMILES string of the molecule is N#Cc1sccc1C(F)(F)F. The van der Waals surface area contributed by atoms with E-state index in [1.165, 1.54) is 11.4 Å². The Kier molecular flexibility index (Phi) is 1.87. The molecule has 11 heavy (non-hydrogen) atoms. The largest absolute Gasteiger partial charge is 0.418 e. The number of hydrogen-bond acceptors (Lipinski definition) is 2. The maximum atomic E-state index is 11.9. The maximum absolute atomic E-state index is 11.9. The Morgan fingerprint density at radius 1 is 1.45 bits per heavy atom. The van der Waals surface area contributed by atoms with Crippen LogP contribution in [0.1, 0.15) is 10.4 Å². The molecule has 0 aromatic carbocycles.